The second-order valence-corrected chi connectivity index (χ2v) is 8.45. The van der Waals surface area contributed by atoms with Crippen LogP contribution in [-0.4, -0.2) is 44.3 Å². The van der Waals surface area contributed by atoms with Crippen LogP contribution in [0.3, 0.4) is 0 Å². The van der Waals surface area contributed by atoms with Gasteiger partial charge in [0, 0.05) is 18.8 Å². The normalized spacial score (nSPS) is 19.3. The van der Waals surface area contributed by atoms with Gasteiger partial charge >= 0.3 is 5.97 Å². The maximum Gasteiger partial charge on any atom is 0.309 e. The molecule has 1 amide bonds. The fourth-order valence-electron chi connectivity index (χ4n) is 2.75. The number of amides is 1. The minimum Gasteiger partial charge on any atom is -0.455 e. The van der Waals surface area contributed by atoms with Crippen LogP contribution in [0.5, 0.6) is 0 Å². The molecule has 8 heteroatoms. The van der Waals surface area contributed by atoms with E-state index in [9.17, 15) is 18.0 Å². The van der Waals surface area contributed by atoms with Gasteiger partial charge in [0.25, 0.3) is 5.91 Å². The van der Waals surface area contributed by atoms with E-state index in [0.29, 0.717) is 30.3 Å². The standard InChI is InChI=1S/C18H26N2O5S/c1-5-20(6-2)26(23,24)16-10-14(8-7-12(16)3)19-17(21)11-25-18(22)15-9-13(15)4/h7-8,10,13,15H,5-6,9,11H2,1-4H3,(H,19,21)/t13-,15+/m1/s1. The SMILES string of the molecule is CCN(CC)S(=O)(=O)c1cc(NC(=O)COC(=O)[C@H]2C[C@H]2C)ccc1C. The summed E-state index contributed by atoms with van der Waals surface area (Å²) in [4.78, 5) is 23.8. The van der Waals surface area contributed by atoms with Crippen molar-refractivity contribution in [1.29, 1.82) is 0 Å². The Hall–Kier alpha value is -1.93. The molecule has 0 radical (unpaired) electrons. The number of nitrogens with zero attached hydrogens (tertiary/aromatic N) is 1. The number of hydrogen-bond donors (Lipinski definition) is 1. The highest BCUT2D eigenvalue weighted by molar-refractivity contribution is 7.89. The van der Waals surface area contributed by atoms with Crippen molar-refractivity contribution in [3.8, 4) is 0 Å². The van der Waals surface area contributed by atoms with E-state index in [1.165, 1.54) is 10.4 Å². The number of carbonyl (C=O) groups is 2. The van der Waals surface area contributed by atoms with E-state index < -0.39 is 15.9 Å². The van der Waals surface area contributed by atoms with Crippen LogP contribution < -0.4 is 5.32 Å². The van der Waals surface area contributed by atoms with Crippen molar-refractivity contribution in [1.82, 2.24) is 4.31 Å². The minimum atomic E-state index is -3.63. The van der Waals surface area contributed by atoms with E-state index in [1.807, 2.05) is 6.92 Å². The number of rotatable bonds is 8. The highest BCUT2D eigenvalue weighted by atomic mass is 32.2. The van der Waals surface area contributed by atoms with E-state index in [1.54, 1.807) is 32.9 Å². The monoisotopic (exact) mass is 382 g/mol. The molecular formula is C18H26N2O5S. The summed E-state index contributed by atoms with van der Waals surface area (Å²) >= 11 is 0. The summed E-state index contributed by atoms with van der Waals surface area (Å²) in [6.07, 6.45) is 0.797. The quantitative estimate of drug-likeness (QED) is 0.696. The fourth-order valence-corrected chi connectivity index (χ4v) is 4.46. The molecule has 1 N–H and O–H groups in total. The molecular weight excluding hydrogens is 356 g/mol. The summed E-state index contributed by atoms with van der Waals surface area (Å²) in [6.45, 7) is 7.56. The van der Waals surface area contributed by atoms with Crippen LogP contribution in [0.15, 0.2) is 23.1 Å². The highest BCUT2D eigenvalue weighted by Gasteiger charge is 2.40. The first-order valence-corrected chi connectivity index (χ1v) is 10.2. The molecule has 1 fully saturated rings. The lowest BCUT2D eigenvalue weighted by molar-refractivity contribution is -0.148. The van der Waals surface area contributed by atoms with E-state index in [2.05, 4.69) is 5.32 Å². The zero-order valence-electron chi connectivity index (χ0n) is 15.6. The largest absolute Gasteiger partial charge is 0.455 e. The van der Waals surface area contributed by atoms with E-state index in [0.717, 1.165) is 6.42 Å². The predicted octanol–water partition coefficient (Wildman–Crippen LogP) is 2.16. The number of hydrogen-bond acceptors (Lipinski definition) is 5. The van der Waals surface area contributed by atoms with Gasteiger partial charge in [-0.05, 0) is 37.0 Å². The van der Waals surface area contributed by atoms with Gasteiger partial charge < -0.3 is 10.1 Å². The summed E-state index contributed by atoms with van der Waals surface area (Å²) in [5.74, 6) is -0.647. The van der Waals surface area contributed by atoms with Crippen LogP contribution in [0.25, 0.3) is 0 Å². The topological polar surface area (TPSA) is 92.8 Å². The Kier molecular flexibility index (Phi) is 6.41. The molecule has 26 heavy (non-hydrogen) atoms. The molecule has 1 aromatic carbocycles. The van der Waals surface area contributed by atoms with Gasteiger partial charge in [0.05, 0.1) is 10.8 Å². The molecule has 0 bridgehead atoms. The van der Waals surface area contributed by atoms with Crippen molar-refractivity contribution in [2.24, 2.45) is 11.8 Å². The van der Waals surface area contributed by atoms with Crippen LogP contribution in [0.2, 0.25) is 0 Å². The number of ether oxygens (including phenoxy) is 1. The summed E-state index contributed by atoms with van der Waals surface area (Å²) < 4.78 is 31.8. The lowest BCUT2D eigenvalue weighted by Gasteiger charge is -2.20. The van der Waals surface area contributed by atoms with Crippen molar-refractivity contribution in [2.45, 2.75) is 39.0 Å². The Morgan fingerprint density at radius 1 is 1.27 bits per heavy atom. The molecule has 1 saturated carbocycles. The third-order valence-electron chi connectivity index (χ3n) is 4.55. The first-order valence-electron chi connectivity index (χ1n) is 8.78. The highest BCUT2D eigenvalue weighted by Crippen LogP contribution is 2.38. The Morgan fingerprint density at radius 3 is 2.42 bits per heavy atom. The van der Waals surface area contributed by atoms with Crippen LogP contribution in [0, 0.1) is 18.8 Å². The van der Waals surface area contributed by atoms with E-state index >= 15 is 0 Å². The smallest absolute Gasteiger partial charge is 0.309 e. The lowest BCUT2D eigenvalue weighted by Crippen LogP contribution is -2.31. The van der Waals surface area contributed by atoms with Gasteiger partial charge in [-0.3, -0.25) is 9.59 Å². The maximum atomic E-state index is 12.7. The zero-order valence-corrected chi connectivity index (χ0v) is 16.4. The summed E-state index contributed by atoms with van der Waals surface area (Å²) in [5.41, 5.74) is 0.950. The molecule has 2 rings (SSSR count). The first-order chi connectivity index (χ1) is 12.2. The second-order valence-electron chi connectivity index (χ2n) is 6.54. The van der Waals surface area contributed by atoms with Gasteiger partial charge in [-0.25, -0.2) is 8.42 Å². The first kappa shape index (κ1) is 20.4. The van der Waals surface area contributed by atoms with Crippen LogP contribution in [0.4, 0.5) is 5.69 Å². The molecule has 0 aliphatic heterocycles. The van der Waals surface area contributed by atoms with Crippen molar-refractivity contribution in [3.63, 3.8) is 0 Å². The molecule has 0 aromatic heterocycles. The molecule has 0 unspecified atom stereocenters. The van der Waals surface area contributed by atoms with Crippen molar-refractivity contribution < 1.29 is 22.7 Å². The average Bonchev–Trinajstić information content (AvgIpc) is 3.32. The van der Waals surface area contributed by atoms with Gasteiger partial charge in [0.2, 0.25) is 10.0 Å². The van der Waals surface area contributed by atoms with Gasteiger partial charge in [-0.2, -0.15) is 4.31 Å². The molecule has 1 aromatic rings. The molecule has 2 atom stereocenters. The Morgan fingerprint density at radius 2 is 1.88 bits per heavy atom. The number of sulfonamides is 1. The van der Waals surface area contributed by atoms with Gasteiger partial charge in [-0.1, -0.05) is 26.8 Å². The van der Waals surface area contributed by atoms with Gasteiger partial charge in [0.15, 0.2) is 6.61 Å². The third kappa shape index (κ3) is 4.62. The van der Waals surface area contributed by atoms with Crippen LogP contribution in [-0.2, 0) is 24.3 Å². The molecule has 1 aliphatic rings. The maximum absolute atomic E-state index is 12.7. The molecule has 144 valence electrons. The van der Waals surface area contributed by atoms with Crippen molar-refractivity contribution in [3.05, 3.63) is 23.8 Å². The van der Waals surface area contributed by atoms with Gasteiger partial charge in [0.1, 0.15) is 0 Å². The third-order valence-corrected chi connectivity index (χ3v) is 6.74. The summed E-state index contributed by atoms with van der Waals surface area (Å²) in [5, 5.41) is 2.58. The molecule has 7 nitrogen and oxygen atoms in total. The number of benzene rings is 1. The molecule has 0 spiro atoms. The number of nitrogens with one attached hydrogen (secondary N) is 1. The van der Waals surface area contributed by atoms with Crippen molar-refractivity contribution >= 4 is 27.6 Å². The lowest BCUT2D eigenvalue weighted by atomic mass is 10.2. The predicted molar refractivity (Wildman–Crippen MR) is 98.1 cm³/mol. The second kappa shape index (κ2) is 8.18. The van der Waals surface area contributed by atoms with E-state index in [-0.39, 0.29) is 23.4 Å². The Balaban J connectivity index is 2.06. The number of aryl methyl sites for hydroxylation is 1. The van der Waals surface area contributed by atoms with E-state index in [4.69, 9.17) is 4.74 Å². The average molecular weight is 382 g/mol. The Labute approximate surface area is 154 Å². The zero-order chi connectivity index (χ0) is 19.5. The molecule has 0 heterocycles. The number of carbonyl (C=O) groups excluding carboxylic acids is 2. The Bertz CT molecular complexity index is 787. The number of esters is 1. The van der Waals surface area contributed by atoms with Gasteiger partial charge in [-0.15, -0.1) is 0 Å². The number of anilines is 1. The van der Waals surface area contributed by atoms with Crippen LogP contribution in [0.1, 0.15) is 32.8 Å². The fraction of sp³-hybridized carbons (Fsp3) is 0.556. The molecule has 1 aliphatic carbocycles. The molecule has 0 saturated heterocycles. The summed E-state index contributed by atoms with van der Waals surface area (Å²) in [6, 6.07) is 4.70. The minimum absolute atomic E-state index is 0.104. The van der Waals surface area contributed by atoms with Crippen molar-refractivity contribution in [2.75, 3.05) is 25.0 Å². The summed E-state index contributed by atoms with van der Waals surface area (Å²) in [7, 11) is -3.63. The van der Waals surface area contributed by atoms with Crippen LogP contribution >= 0.6 is 0 Å².